The second kappa shape index (κ2) is 4.40. The van der Waals surface area contributed by atoms with Gasteiger partial charge in [0, 0.05) is 5.39 Å². The van der Waals surface area contributed by atoms with Crippen LogP contribution in [0.3, 0.4) is 0 Å². The Bertz CT molecular complexity index is 778. The molecule has 0 saturated carbocycles. The molecule has 1 aromatic carbocycles. The largest absolute Gasteiger partial charge is 0.536 e. The van der Waals surface area contributed by atoms with Crippen molar-refractivity contribution in [3.63, 3.8) is 0 Å². The first-order valence-electron chi connectivity index (χ1n) is 4.98. The molecule has 0 unspecified atom stereocenters. The number of nitrogens with zero attached hydrogens (tertiary/aromatic N) is 1. The van der Waals surface area contributed by atoms with Crippen molar-refractivity contribution in [2.45, 2.75) is 5.51 Å². The van der Waals surface area contributed by atoms with Crippen molar-refractivity contribution in [3.8, 4) is 0 Å². The minimum Gasteiger partial charge on any atom is -0.476 e. The topological polar surface area (TPSA) is 85.6 Å². The summed E-state index contributed by atoms with van der Waals surface area (Å²) < 4.78 is 62.8. The summed E-state index contributed by atoms with van der Waals surface area (Å²) in [5.74, 6) is -1.63. The van der Waals surface area contributed by atoms with Gasteiger partial charge in [0.25, 0.3) is 0 Å². The highest BCUT2D eigenvalue weighted by Crippen LogP contribution is 2.25. The van der Waals surface area contributed by atoms with Gasteiger partial charge in [-0.2, -0.15) is 26.3 Å². The molecule has 10 heteroatoms. The third kappa shape index (κ3) is 2.29. The Morgan fingerprint density at radius 3 is 2.40 bits per heavy atom. The lowest BCUT2D eigenvalue weighted by molar-refractivity contribution is -0.0545. The Balaban J connectivity index is 2.65. The summed E-state index contributed by atoms with van der Waals surface area (Å²) in [6.45, 7) is 0. The fourth-order valence-electron chi connectivity index (χ4n) is 1.50. The molecule has 2 aromatic rings. The van der Waals surface area contributed by atoms with Gasteiger partial charge in [0.05, 0.1) is 5.52 Å². The second-order valence-corrected chi connectivity index (χ2v) is 5.18. The van der Waals surface area contributed by atoms with Crippen LogP contribution in [-0.4, -0.2) is 29.7 Å². The van der Waals surface area contributed by atoms with E-state index in [1.807, 2.05) is 0 Å². The van der Waals surface area contributed by atoms with Gasteiger partial charge < -0.3 is 5.11 Å². The summed E-state index contributed by atoms with van der Waals surface area (Å²) >= 11 is 0. The number of aromatic carboxylic acids is 1. The molecule has 0 fully saturated rings. The van der Waals surface area contributed by atoms with Crippen LogP contribution in [0.2, 0.25) is 0 Å². The summed E-state index contributed by atoms with van der Waals surface area (Å²) in [7, 11) is -5.97. The van der Waals surface area contributed by atoms with Crippen molar-refractivity contribution in [1.29, 1.82) is 0 Å². The Hall–Kier alpha value is -2.23. The molecule has 1 heterocycles. The second-order valence-electron chi connectivity index (χ2n) is 3.66. The molecular formula is C10H6F3NO5S. The maximum Gasteiger partial charge on any atom is 0.536 e. The minimum absolute atomic E-state index is 0.113. The number of aromatic nitrogens is 1. The molecule has 1 aromatic heterocycles. The number of hydrogen-bond donors (Lipinski definition) is 1. The van der Waals surface area contributed by atoms with E-state index < -0.39 is 27.3 Å². The quantitative estimate of drug-likeness (QED) is 0.871. The van der Waals surface area contributed by atoms with Crippen LogP contribution >= 0.6 is 0 Å². The lowest BCUT2D eigenvalue weighted by atomic mass is 10.2. The summed E-state index contributed by atoms with van der Waals surface area (Å²) in [4.78, 5) is 11.0. The van der Waals surface area contributed by atoms with Crippen LogP contribution in [0, 0.1) is 0 Å². The molecule has 0 saturated heterocycles. The predicted molar refractivity (Wildman–Crippen MR) is 60.5 cm³/mol. The molecule has 0 aliphatic heterocycles. The molecule has 1 N–H and O–H groups in total. The van der Waals surface area contributed by atoms with E-state index in [9.17, 15) is 26.4 Å². The van der Waals surface area contributed by atoms with E-state index in [0.29, 0.717) is 0 Å². The fraction of sp³-hybridized carbons (Fsp3) is 0.100. The summed E-state index contributed by atoms with van der Waals surface area (Å²) in [5.41, 5.74) is -6.51. The van der Waals surface area contributed by atoms with Gasteiger partial charge in [-0.15, -0.1) is 0 Å². The van der Waals surface area contributed by atoms with Gasteiger partial charge in [0.1, 0.15) is 0 Å². The zero-order valence-corrected chi connectivity index (χ0v) is 10.3. The lowest BCUT2D eigenvalue weighted by Gasteiger charge is -2.11. The monoisotopic (exact) mass is 309 g/mol. The van der Waals surface area contributed by atoms with Gasteiger partial charge in [0.15, 0.2) is 5.69 Å². The summed E-state index contributed by atoms with van der Waals surface area (Å²) in [6.07, 6.45) is 0. The van der Waals surface area contributed by atoms with E-state index in [-0.39, 0.29) is 15.6 Å². The number of para-hydroxylation sites is 1. The number of carboxylic acids is 1. The van der Waals surface area contributed by atoms with Crippen molar-refractivity contribution in [1.82, 2.24) is 4.73 Å². The van der Waals surface area contributed by atoms with Crippen molar-refractivity contribution in [2.75, 3.05) is 0 Å². The third-order valence-corrected chi connectivity index (χ3v) is 3.25. The Morgan fingerprint density at radius 1 is 1.25 bits per heavy atom. The highest BCUT2D eigenvalue weighted by molar-refractivity contribution is 7.87. The molecule has 0 amide bonds. The van der Waals surface area contributed by atoms with Crippen LogP contribution in [0.1, 0.15) is 10.5 Å². The van der Waals surface area contributed by atoms with Crippen LogP contribution in [0.25, 0.3) is 10.9 Å². The number of carboxylic acid groups (broad SMARTS) is 1. The van der Waals surface area contributed by atoms with Crippen molar-refractivity contribution < 1.29 is 35.8 Å². The predicted octanol–water partition coefficient (Wildman–Crippen LogP) is 1.62. The molecule has 6 nitrogen and oxygen atoms in total. The van der Waals surface area contributed by atoms with Crippen molar-refractivity contribution in [3.05, 3.63) is 36.0 Å². The number of halogens is 3. The maximum absolute atomic E-state index is 12.3. The molecule has 0 aliphatic rings. The van der Waals surface area contributed by atoms with E-state index >= 15 is 0 Å². The number of carbonyl (C=O) groups is 1. The van der Waals surface area contributed by atoms with Crippen LogP contribution in [0.5, 0.6) is 0 Å². The van der Waals surface area contributed by atoms with Gasteiger partial charge in [0.2, 0.25) is 0 Å². The van der Waals surface area contributed by atoms with Gasteiger partial charge >= 0.3 is 21.6 Å². The van der Waals surface area contributed by atoms with Gasteiger partial charge in [-0.3, -0.25) is 4.28 Å². The zero-order valence-electron chi connectivity index (χ0n) is 9.46. The van der Waals surface area contributed by atoms with Crippen LogP contribution < -0.4 is 4.28 Å². The van der Waals surface area contributed by atoms with E-state index in [0.717, 1.165) is 6.07 Å². The van der Waals surface area contributed by atoms with E-state index in [1.165, 1.54) is 24.3 Å². The normalized spacial score (nSPS) is 12.6. The molecule has 2 rings (SSSR count). The minimum atomic E-state index is -5.97. The summed E-state index contributed by atoms with van der Waals surface area (Å²) in [5, 5.41) is 9.11. The maximum atomic E-state index is 12.3. The van der Waals surface area contributed by atoms with Crippen molar-refractivity contribution >= 4 is 27.0 Å². The fourth-order valence-corrected chi connectivity index (χ4v) is 1.94. The first-order valence-corrected chi connectivity index (χ1v) is 6.39. The molecule has 0 atom stereocenters. The molecular weight excluding hydrogens is 303 g/mol. The Morgan fingerprint density at radius 2 is 1.85 bits per heavy atom. The van der Waals surface area contributed by atoms with Crippen LogP contribution in [-0.2, 0) is 10.1 Å². The molecule has 0 radical (unpaired) electrons. The first-order chi connectivity index (χ1) is 9.13. The van der Waals surface area contributed by atoms with Crippen LogP contribution in [0.4, 0.5) is 13.2 Å². The van der Waals surface area contributed by atoms with E-state index in [4.69, 9.17) is 5.11 Å². The highest BCUT2D eigenvalue weighted by atomic mass is 32.2. The molecule has 20 heavy (non-hydrogen) atoms. The SMILES string of the molecule is O=C(O)c1cc2ccccc2n1OS(=O)(=O)C(F)(F)F. The number of fused-ring (bicyclic) bond motifs is 1. The van der Waals surface area contributed by atoms with E-state index in [2.05, 4.69) is 4.28 Å². The lowest BCUT2D eigenvalue weighted by Crippen LogP contribution is -2.34. The average molecular weight is 309 g/mol. The Kier molecular flexibility index (Phi) is 3.12. The number of hydrogen-bond acceptors (Lipinski definition) is 4. The van der Waals surface area contributed by atoms with Gasteiger partial charge in [-0.1, -0.05) is 18.2 Å². The van der Waals surface area contributed by atoms with Crippen LogP contribution in [0.15, 0.2) is 30.3 Å². The average Bonchev–Trinajstić information content (AvgIpc) is 2.67. The van der Waals surface area contributed by atoms with Gasteiger partial charge in [-0.25, -0.2) is 4.79 Å². The molecule has 108 valence electrons. The molecule has 0 bridgehead atoms. The zero-order chi connectivity index (χ0) is 15.1. The standard InChI is InChI=1S/C10H6F3NO5S/c11-10(12,13)20(17,18)19-14-7-4-2-1-3-6(7)5-8(14)9(15)16/h1-5H,(H,15,16). The molecule has 0 spiro atoms. The number of alkyl halides is 3. The summed E-state index contributed by atoms with van der Waals surface area (Å²) in [6, 6.07) is 6.55. The van der Waals surface area contributed by atoms with E-state index in [1.54, 1.807) is 0 Å². The van der Waals surface area contributed by atoms with Gasteiger partial charge in [-0.05, 0) is 12.1 Å². The van der Waals surface area contributed by atoms with Crippen molar-refractivity contribution in [2.24, 2.45) is 0 Å². The smallest absolute Gasteiger partial charge is 0.476 e. The third-order valence-electron chi connectivity index (χ3n) is 2.34. The number of rotatable bonds is 3. The highest BCUT2D eigenvalue weighted by Gasteiger charge is 2.49. The first kappa shape index (κ1) is 14.2. The molecule has 0 aliphatic carbocycles. The number of benzene rings is 1. The Labute approximate surface area is 110 Å².